The number of carbonyl (C=O) groups is 1. The molecule has 0 unspecified atom stereocenters. The van der Waals surface area contributed by atoms with E-state index in [4.69, 9.17) is 0 Å². The van der Waals surface area contributed by atoms with Crippen molar-refractivity contribution in [2.24, 2.45) is 9.98 Å². The number of pyridine rings is 1. The minimum atomic E-state index is -0.165. The number of aliphatic imine (C=N–C) groups is 2. The van der Waals surface area contributed by atoms with Gasteiger partial charge in [-0.1, -0.05) is 0 Å². The first-order valence-corrected chi connectivity index (χ1v) is 5.55. The third-order valence-corrected chi connectivity index (χ3v) is 2.82. The fraction of sp³-hybridized carbons (Fsp3) is 0.167. The Labute approximate surface area is 104 Å². The van der Waals surface area contributed by atoms with Crippen LogP contribution in [0.25, 0.3) is 0 Å². The summed E-state index contributed by atoms with van der Waals surface area (Å²) in [4.78, 5) is 26.2. The van der Waals surface area contributed by atoms with Crippen LogP contribution in [-0.4, -0.2) is 36.9 Å². The summed E-state index contributed by atoms with van der Waals surface area (Å²) >= 11 is 0. The van der Waals surface area contributed by atoms with Gasteiger partial charge in [-0.25, -0.2) is 4.98 Å². The van der Waals surface area contributed by atoms with Gasteiger partial charge >= 0.3 is 0 Å². The predicted molar refractivity (Wildman–Crippen MR) is 69.7 cm³/mol. The molecule has 0 spiro atoms. The smallest absolute Gasteiger partial charge is 0.252 e. The fourth-order valence-corrected chi connectivity index (χ4v) is 1.90. The van der Waals surface area contributed by atoms with Crippen LogP contribution in [-0.2, 0) is 0 Å². The highest BCUT2D eigenvalue weighted by atomic mass is 16.1. The zero-order chi connectivity index (χ0) is 12.5. The Morgan fingerprint density at radius 3 is 3.22 bits per heavy atom. The summed E-state index contributed by atoms with van der Waals surface area (Å²) in [6.45, 7) is 0.664. The molecule has 1 N–H and O–H groups in total. The largest absolute Gasteiger partial charge is 0.355 e. The molecule has 2 aliphatic heterocycles. The van der Waals surface area contributed by atoms with Gasteiger partial charge in [-0.2, -0.15) is 0 Å². The topological polar surface area (TPSA) is 70.0 Å². The Morgan fingerprint density at radius 1 is 1.50 bits per heavy atom. The van der Waals surface area contributed by atoms with E-state index in [-0.39, 0.29) is 5.91 Å². The minimum absolute atomic E-state index is 0.165. The highest BCUT2D eigenvalue weighted by Crippen LogP contribution is 2.33. The van der Waals surface area contributed by atoms with Gasteiger partial charge in [0.05, 0.1) is 30.2 Å². The molecule has 6 nitrogen and oxygen atoms in total. The molecule has 0 saturated carbocycles. The maximum Gasteiger partial charge on any atom is 0.252 e. The third kappa shape index (κ3) is 1.58. The number of hydrogen-bond donors (Lipinski definition) is 1. The summed E-state index contributed by atoms with van der Waals surface area (Å²) in [5.41, 5.74) is 2.11. The number of nitrogens with zero attached hydrogens (tertiary/aromatic N) is 4. The SMILES string of the molecule is CNC(=O)c1cnc2c(c1)N=CC1=CN=CCN12. The van der Waals surface area contributed by atoms with E-state index in [0.29, 0.717) is 17.8 Å². The number of allylic oxidation sites excluding steroid dienone is 1. The Bertz CT molecular complexity index is 602. The second-order valence-corrected chi connectivity index (χ2v) is 3.90. The van der Waals surface area contributed by atoms with Crippen molar-refractivity contribution in [1.29, 1.82) is 0 Å². The number of rotatable bonds is 1. The maximum atomic E-state index is 11.5. The van der Waals surface area contributed by atoms with Gasteiger partial charge in [0.25, 0.3) is 5.91 Å². The Hall–Kier alpha value is -2.50. The average molecular weight is 241 g/mol. The van der Waals surface area contributed by atoms with Crippen molar-refractivity contribution in [1.82, 2.24) is 10.3 Å². The van der Waals surface area contributed by atoms with Gasteiger partial charge in [0.1, 0.15) is 5.69 Å². The summed E-state index contributed by atoms with van der Waals surface area (Å²) in [6.07, 6.45) is 6.83. The Kier molecular flexibility index (Phi) is 2.40. The van der Waals surface area contributed by atoms with Gasteiger partial charge in [0.2, 0.25) is 0 Å². The lowest BCUT2D eigenvalue weighted by Crippen LogP contribution is -2.30. The van der Waals surface area contributed by atoms with Gasteiger partial charge in [-0.15, -0.1) is 0 Å². The maximum absolute atomic E-state index is 11.5. The van der Waals surface area contributed by atoms with E-state index in [1.54, 1.807) is 37.9 Å². The molecule has 3 rings (SSSR count). The molecule has 3 heterocycles. The van der Waals surface area contributed by atoms with Crippen LogP contribution in [0.2, 0.25) is 0 Å². The molecule has 6 heteroatoms. The summed E-state index contributed by atoms with van der Waals surface area (Å²) in [7, 11) is 1.59. The van der Waals surface area contributed by atoms with Crippen molar-refractivity contribution in [2.45, 2.75) is 0 Å². The van der Waals surface area contributed by atoms with Crippen LogP contribution in [0.4, 0.5) is 11.5 Å². The zero-order valence-corrected chi connectivity index (χ0v) is 9.79. The molecule has 1 aromatic rings. The van der Waals surface area contributed by atoms with Crippen LogP contribution in [0.5, 0.6) is 0 Å². The van der Waals surface area contributed by atoms with Crippen LogP contribution >= 0.6 is 0 Å². The van der Waals surface area contributed by atoms with Crippen molar-refractivity contribution in [3.05, 3.63) is 29.7 Å². The molecule has 2 aliphatic rings. The Balaban J connectivity index is 2.05. The number of fused-ring (bicyclic) bond motifs is 3. The standard InChI is InChI=1S/C12H11N5O/c1-13-12(18)8-4-10-11(16-5-8)17-3-2-14-6-9(17)7-15-10/h2,4-7H,3H2,1H3,(H,13,18). The lowest BCUT2D eigenvalue weighted by atomic mass is 10.2. The van der Waals surface area contributed by atoms with E-state index in [2.05, 4.69) is 20.3 Å². The van der Waals surface area contributed by atoms with Crippen molar-refractivity contribution in [3.8, 4) is 0 Å². The van der Waals surface area contributed by atoms with Crippen LogP contribution in [0, 0.1) is 0 Å². The van der Waals surface area contributed by atoms with Crippen LogP contribution in [0.15, 0.2) is 34.1 Å². The lowest BCUT2D eigenvalue weighted by molar-refractivity contribution is 0.0963. The first-order chi connectivity index (χ1) is 8.79. The highest BCUT2D eigenvalue weighted by molar-refractivity contribution is 5.99. The van der Waals surface area contributed by atoms with Crippen molar-refractivity contribution < 1.29 is 4.79 Å². The Morgan fingerprint density at radius 2 is 2.39 bits per heavy atom. The normalized spacial score (nSPS) is 15.8. The van der Waals surface area contributed by atoms with Gasteiger partial charge in [-0.05, 0) is 6.07 Å². The number of hydrogen-bond acceptors (Lipinski definition) is 5. The van der Waals surface area contributed by atoms with Crippen LogP contribution in [0.3, 0.4) is 0 Å². The zero-order valence-electron chi connectivity index (χ0n) is 9.79. The molecule has 1 amide bonds. The number of anilines is 1. The highest BCUT2D eigenvalue weighted by Gasteiger charge is 2.22. The molecular weight excluding hydrogens is 230 g/mol. The second kappa shape index (κ2) is 4.06. The number of nitrogens with one attached hydrogen (secondary N) is 1. The van der Waals surface area contributed by atoms with Gasteiger partial charge in [-0.3, -0.25) is 14.8 Å². The summed E-state index contributed by atoms with van der Waals surface area (Å²) in [5, 5.41) is 2.57. The molecular formula is C12H11N5O. The molecule has 0 aliphatic carbocycles. The predicted octanol–water partition coefficient (Wildman–Crippen LogP) is 0.889. The quantitative estimate of drug-likeness (QED) is 0.793. The number of carbonyl (C=O) groups excluding carboxylic acids is 1. The molecule has 0 atom stereocenters. The third-order valence-electron chi connectivity index (χ3n) is 2.82. The molecule has 0 aromatic carbocycles. The molecule has 90 valence electrons. The summed E-state index contributed by atoms with van der Waals surface area (Å²) in [6, 6.07) is 1.74. The number of amides is 1. The van der Waals surface area contributed by atoms with E-state index >= 15 is 0 Å². The van der Waals surface area contributed by atoms with Crippen LogP contribution < -0.4 is 10.2 Å². The molecule has 0 fully saturated rings. The van der Waals surface area contributed by atoms with E-state index in [1.807, 2.05) is 4.90 Å². The van der Waals surface area contributed by atoms with Crippen LogP contribution in [0.1, 0.15) is 10.4 Å². The first kappa shape index (κ1) is 10.6. The monoisotopic (exact) mass is 241 g/mol. The average Bonchev–Trinajstić information content (AvgIpc) is 2.45. The van der Waals surface area contributed by atoms with Gasteiger partial charge < -0.3 is 10.2 Å². The van der Waals surface area contributed by atoms with Gasteiger partial charge in [0, 0.05) is 19.5 Å². The van der Waals surface area contributed by atoms with Crippen molar-refractivity contribution in [3.63, 3.8) is 0 Å². The molecule has 0 radical (unpaired) electrons. The summed E-state index contributed by atoms with van der Waals surface area (Å²) in [5.74, 6) is 0.588. The lowest BCUT2D eigenvalue weighted by Gasteiger charge is -2.28. The molecule has 18 heavy (non-hydrogen) atoms. The number of aromatic nitrogens is 1. The van der Waals surface area contributed by atoms with Gasteiger partial charge in [0.15, 0.2) is 5.82 Å². The van der Waals surface area contributed by atoms with E-state index in [9.17, 15) is 4.79 Å². The summed E-state index contributed by atoms with van der Waals surface area (Å²) < 4.78 is 0. The van der Waals surface area contributed by atoms with Crippen molar-refractivity contribution in [2.75, 3.05) is 18.5 Å². The van der Waals surface area contributed by atoms with E-state index in [1.165, 1.54) is 0 Å². The van der Waals surface area contributed by atoms with Crippen molar-refractivity contribution >= 4 is 29.8 Å². The van der Waals surface area contributed by atoms with E-state index in [0.717, 1.165) is 11.5 Å². The minimum Gasteiger partial charge on any atom is -0.355 e. The first-order valence-electron chi connectivity index (χ1n) is 5.55. The fourth-order valence-electron chi connectivity index (χ4n) is 1.90. The molecule has 1 aromatic heterocycles. The molecule has 0 saturated heterocycles. The molecule has 0 bridgehead atoms. The second-order valence-electron chi connectivity index (χ2n) is 3.90. The van der Waals surface area contributed by atoms with E-state index < -0.39 is 0 Å².